The van der Waals surface area contributed by atoms with Crippen LogP contribution in [0, 0.1) is 5.92 Å². The van der Waals surface area contributed by atoms with Gasteiger partial charge in [0.1, 0.15) is 17.5 Å². The molecule has 15 heavy (non-hydrogen) atoms. The van der Waals surface area contributed by atoms with Crippen molar-refractivity contribution in [3.05, 3.63) is 30.1 Å². The van der Waals surface area contributed by atoms with Gasteiger partial charge in [-0.2, -0.15) is 0 Å². The summed E-state index contributed by atoms with van der Waals surface area (Å²) in [5.41, 5.74) is 0.334. The SMILES string of the molecule is CC(=O)C(C(C)=O)C(=O)c1ccncc1. The van der Waals surface area contributed by atoms with Gasteiger partial charge in [-0.25, -0.2) is 0 Å². The zero-order valence-corrected chi connectivity index (χ0v) is 8.56. The first-order valence-electron chi connectivity index (χ1n) is 4.49. The van der Waals surface area contributed by atoms with Crippen molar-refractivity contribution in [2.24, 2.45) is 5.92 Å². The van der Waals surface area contributed by atoms with Gasteiger partial charge < -0.3 is 0 Å². The summed E-state index contributed by atoms with van der Waals surface area (Å²) < 4.78 is 0. The van der Waals surface area contributed by atoms with Crippen LogP contribution < -0.4 is 0 Å². The second-order valence-corrected chi connectivity index (χ2v) is 3.25. The van der Waals surface area contributed by atoms with E-state index in [-0.39, 0.29) is 0 Å². The van der Waals surface area contributed by atoms with E-state index >= 15 is 0 Å². The van der Waals surface area contributed by atoms with Crippen molar-refractivity contribution in [1.29, 1.82) is 0 Å². The molecule has 0 radical (unpaired) electrons. The molecule has 0 N–H and O–H groups in total. The Morgan fingerprint density at radius 1 is 1.07 bits per heavy atom. The van der Waals surface area contributed by atoms with E-state index in [1.54, 1.807) is 0 Å². The summed E-state index contributed by atoms with van der Waals surface area (Å²) in [6.07, 6.45) is 2.90. The van der Waals surface area contributed by atoms with E-state index in [4.69, 9.17) is 0 Å². The highest BCUT2D eigenvalue weighted by Crippen LogP contribution is 2.10. The average Bonchev–Trinajstić information content (AvgIpc) is 2.18. The molecule has 0 aromatic carbocycles. The van der Waals surface area contributed by atoms with Gasteiger partial charge in [0.05, 0.1) is 0 Å². The minimum absolute atomic E-state index is 0.334. The van der Waals surface area contributed by atoms with E-state index in [1.807, 2.05) is 0 Å². The molecule has 1 rings (SSSR count). The first-order chi connectivity index (χ1) is 7.04. The van der Waals surface area contributed by atoms with E-state index in [0.29, 0.717) is 5.56 Å². The van der Waals surface area contributed by atoms with Crippen molar-refractivity contribution in [1.82, 2.24) is 4.98 Å². The van der Waals surface area contributed by atoms with E-state index in [1.165, 1.54) is 38.4 Å². The fourth-order valence-electron chi connectivity index (χ4n) is 1.34. The second-order valence-electron chi connectivity index (χ2n) is 3.25. The minimum Gasteiger partial charge on any atom is -0.299 e. The third-order valence-electron chi connectivity index (χ3n) is 2.04. The van der Waals surface area contributed by atoms with Crippen molar-refractivity contribution < 1.29 is 14.4 Å². The highest BCUT2D eigenvalue weighted by atomic mass is 16.2. The monoisotopic (exact) mass is 205 g/mol. The summed E-state index contributed by atoms with van der Waals surface area (Å²) in [6.45, 7) is 2.48. The maximum Gasteiger partial charge on any atom is 0.180 e. The number of hydrogen-bond acceptors (Lipinski definition) is 4. The smallest absolute Gasteiger partial charge is 0.180 e. The van der Waals surface area contributed by atoms with Crippen molar-refractivity contribution in [3.63, 3.8) is 0 Å². The first-order valence-corrected chi connectivity index (χ1v) is 4.49. The van der Waals surface area contributed by atoms with Crippen LogP contribution in [0.3, 0.4) is 0 Å². The highest BCUT2D eigenvalue weighted by molar-refractivity contribution is 6.23. The van der Waals surface area contributed by atoms with Crippen molar-refractivity contribution >= 4 is 17.3 Å². The van der Waals surface area contributed by atoms with Crippen LogP contribution in [-0.2, 0) is 9.59 Å². The Kier molecular flexibility index (Phi) is 3.44. The molecular weight excluding hydrogens is 194 g/mol. The molecule has 1 aromatic heterocycles. The zero-order valence-electron chi connectivity index (χ0n) is 8.56. The summed E-state index contributed by atoms with van der Waals surface area (Å²) in [4.78, 5) is 37.8. The molecule has 0 saturated heterocycles. The quantitative estimate of drug-likeness (QED) is 0.544. The van der Waals surface area contributed by atoms with Gasteiger partial charge in [-0.05, 0) is 26.0 Å². The van der Waals surface area contributed by atoms with Gasteiger partial charge >= 0.3 is 0 Å². The largest absolute Gasteiger partial charge is 0.299 e. The number of aromatic nitrogens is 1. The molecule has 0 aliphatic rings. The van der Waals surface area contributed by atoms with Gasteiger partial charge in [0.15, 0.2) is 5.78 Å². The van der Waals surface area contributed by atoms with Crippen LogP contribution in [0.5, 0.6) is 0 Å². The predicted molar refractivity (Wildman–Crippen MR) is 53.4 cm³/mol. The lowest BCUT2D eigenvalue weighted by molar-refractivity contribution is -0.128. The predicted octanol–water partition coefficient (Wildman–Crippen LogP) is 1.06. The van der Waals surface area contributed by atoms with Crippen LogP contribution in [-0.4, -0.2) is 22.3 Å². The Bertz CT molecular complexity index is 384. The van der Waals surface area contributed by atoms with Crippen LogP contribution in [0.4, 0.5) is 0 Å². The molecule has 0 saturated carbocycles. The van der Waals surface area contributed by atoms with Gasteiger partial charge in [-0.3, -0.25) is 19.4 Å². The van der Waals surface area contributed by atoms with Gasteiger partial charge in [0.25, 0.3) is 0 Å². The Morgan fingerprint density at radius 2 is 1.53 bits per heavy atom. The van der Waals surface area contributed by atoms with Crippen LogP contribution in [0.25, 0.3) is 0 Å². The first kappa shape index (κ1) is 11.2. The molecule has 0 fully saturated rings. The van der Waals surface area contributed by atoms with Crippen molar-refractivity contribution in [3.8, 4) is 0 Å². The number of rotatable bonds is 4. The number of nitrogens with zero attached hydrogens (tertiary/aromatic N) is 1. The molecular formula is C11H11NO3. The third-order valence-corrected chi connectivity index (χ3v) is 2.04. The Hall–Kier alpha value is -1.84. The third kappa shape index (κ3) is 2.56. The maximum atomic E-state index is 11.8. The molecule has 0 amide bonds. The summed E-state index contributed by atoms with van der Waals surface area (Å²) in [5, 5.41) is 0. The molecule has 0 aliphatic heterocycles. The lowest BCUT2D eigenvalue weighted by atomic mass is 9.92. The molecule has 78 valence electrons. The zero-order chi connectivity index (χ0) is 11.4. The Labute approximate surface area is 87.3 Å². The van der Waals surface area contributed by atoms with Crippen LogP contribution in [0.2, 0.25) is 0 Å². The minimum atomic E-state index is -1.17. The molecule has 4 heteroatoms. The van der Waals surface area contributed by atoms with E-state index < -0.39 is 23.3 Å². The van der Waals surface area contributed by atoms with Crippen LogP contribution in [0.1, 0.15) is 24.2 Å². The van der Waals surface area contributed by atoms with Gasteiger partial charge in [-0.15, -0.1) is 0 Å². The number of pyridine rings is 1. The molecule has 0 spiro atoms. The molecule has 0 unspecified atom stereocenters. The lowest BCUT2D eigenvalue weighted by Crippen LogP contribution is -2.28. The average molecular weight is 205 g/mol. The normalized spacial score (nSPS) is 10.1. The number of hydrogen-bond donors (Lipinski definition) is 0. The van der Waals surface area contributed by atoms with Crippen molar-refractivity contribution in [2.75, 3.05) is 0 Å². The fourth-order valence-corrected chi connectivity index (χ4v) is 1.34. The summed E-state index contributed by atoms with van der Waals surface area (Å²) in [7, 11) is 0. The van der Waals surface area contributed by atoms with E-state index in [2.05, 4.69) is 4.98 Å². The van der Waals surface area contributed by atoms with Gasteiger partial charge in [-0.1, -0.05) is 0 Å². The lowest BCUT2D eigenvalue weighted by Gasteiger charge is -2.08. The number of carbonyl (C=O) groups is 3. The number of ketones is 3. The number of Topliss-reactive ketones (excluding diaryl/α,β-unsaturated/α-hetero) is 3. The molecule has 4 nitrogen and oxygen atoms in total. The van der Waals surface area contributed by atoms with Crippen molar-refractivity contribution in [2.45, 2.75) is 13.8 Å². The fraction of sp³-hybridized carbons (Fsp3) is 0.273. The molecule has 1 aromatic rings. The summed E-state index contributed by atoms with van der Waals surface area (Å²) in [6, 6.07) is 2.97. The van der Waals surface area contributed by atoms with E-state index in [0.717, 1.165) is 0 Å². The Balaban J connectivity index is 3.02. The second kappa shape index (κ2) is 4.59. The van der Waals surface area contributed by atoms with Gasteiger partial charge in [0.2, 0.25) is 0 Å². The molecule has 0 bridgehead atoms. The van der Waals surface area contributed by atoms with Gasteiger partial charge in [0, 0.05) is 18.0 Å². The van der Waals surface area contributed by atoms with E-state index in [9.17, 15) is 14.4 Å². The standard InChI is InChI=1S/C11H11NO3/c1-7(13)10(8(2)14)11(15)9-3-5-12-6-4-9/h3-6,10H,1-2H3. The van der Waals surface area contributed by atoms with Crippen LogP contribution >= 0.6 is 0 Å². The summed E-state index contributed by atoms with van der Waals surface area (Å²) >= 11 is 0. The maximum absolute atomic E-state index is 11.8. The molecule has 0 aliphatic carbocycles. The summed E-state index contributed by atoms with van der Waals surface area (Å²) in [5.74, 6) is -2.49. The van der Waals surface area contributed by atoms with Crippen LogP contribution in [0.15, 0.2) is 24.5 Å². The molecule has 0 atom stereocenters. The topological polar surface area (TPSA) is 64.1 Å². The highest BCUT2D eigenvalue weighted by Gasteiger charge is 2.28. The number of carbonyl (C=O) groups excluding carboxylic acids is 3. The molecule has 1 heterocycles. The Morgan fingerprint density at radius 3 is 1.93 bits per heavy atom.